The molecule has 3 aromatic rings. The molecule has 3 rings (SSSR count). The maximum absolute atomic E-state index is 14.6. The fourth-order valence-corrected chi connectivity index (χ4v) is 4.77. The summed E-state index contributed by atoms with van der Waals surface area (Å²) in [6, 6.07) is 8.51. The van der Waals surface area contributed by atoms with Crippen molar-refractivity contribution in [1.29, 1.82) is 0 Å². The normalized spacial score (nSPS) is 12.5. The molecule has 0 saturated carbocycles. The Morgan fingerprint density at radius 3 is 2.45 bits per heavy atom. The topological polar surface area (TPSA) is 79.4 Å². The number of rotatable bonds is 12. The van der Waals surface area contributed by atoms with Gasteiger partial charge in [-0.3, -0.25) is 4.40 Å². The first-order chi connectivity index (χ1) is 20.0. The standard InChI is InChI=1S/C28H33F4N5S.C3H9N/c1-5-10-23(21(29)7-3)35-24-12-9-16-37-26(24)36-25(27(37)38-28(30,31)32)11-8-15-34-22-14-13-20(18(4)33)17-19(22)6-2;1-3-4-2/h9,12-14,16-17,21,23,34-35H,4-7,10,15,33H2,1-3H3;4H,3H2,1-2H3. The SMILES string of the molecule is C=C(N)c1ccc(NCC#Cc2nc3c(NC(CCC)C(F)CC)cccn3c2SC(F)(F)F)c(CC)c1.CCNC. The second kappa shape index (κ2) is 16.9. The fourth-order valence-electron chi connectivity index (χ4n) is 4.11. The minimum atomic E-state index is -4.53. The van der Waals surface area contributed by atoms with E-state index in [-0.39, 0.29) is 34.7 Å². The summed E-state index contributed by atoms with van der Waals surface area (Å²) in [6.07, 6.45) is 2.84. The van der Waals surface area contributed by atoms with Crippen molar-refractivity contribution in [3.8, 4) is 11.8 Å². The lowest BCUT2D eigenvalue weighted by Gasteiger charge is -2.22. The molecular weight excluding hydrogens is 564 g/mol. The van der Waals surface area contributed by atoms with Gasteiger partial charge in [0.2, 0.25) is 0 Å². The van der Waals surface area contributed by atoms with Crippen molar-refractivity contribution in [3.05, 3.63) is 59.9 Å². The number of nitrogens with zero attached hydrogens (tertiary/aromatic N) is 2. The summed E-state index contributed by atoms with van der Waals surface area (Å²) in [7, 11) is 1.93. The number of alkyl halides is 4. The van der Waals surface area contributed by atoms with Crippen molar-refractivity contribution in [2.24, 2.45) is 5.73 Å². The molecule has 1 aromatic carbocycles. The number of aromatic nitrogens is 2. The molecule has 0 amide bonds. The van der Waals surface area contributed by atoms with Gasteiger partial charge < -0.3 is 21.7 Å². The van der Waals surface area contributed by atoms with Crippen LogP contribution in [0.25, 0.3) is 11.3 Å². The third-order valence-electron chi connectivity index (χ3n) is 6.37. The van der Waals surface area contributed by atoms with Gasteiger partial charge in [-0.2, -0.15) is 13.2 Å². The molecule has 0 fully saturated rings. The van der Waals surface area contributed by atoms with Crippen molar-refractivity contribution in [2.75, 3.05) is 30.8 Å². The first kappa shape index (κ1) is 34.8. The highest BCUT2D eigenvalue weighted by Crippen LogP contribution is 2.39. The van der Waals surface area contributed by atoms with Gasteiger partial charge in [0.1, 0.15) is 16.9 Å². The number of fused-ring (bicyclic) bond motifs is 1. The number of hydrogen-bond acceptors (Lipinski definition) is 6. The van der Waals surface area contributed by atoms with E-state index < -0.39 is 17.7 Å². The zero-order chi connectivity index (χ0) is 31.3. The number of aryl methyl sites for hydroxylation is 1. The Kier molecular flexibility index (Phi) is 14.0. The molecule has 0 spiro atoms. The van der Waals surface area contributed by atoms with E-state index in [4.69, 9.17) is 5.73 Å². The Morgan fingerprint density at radius 2 is 1.88 bits per heavy atom. The first-order valence-electron chi connectivity index (χ1n) is 14.1. The van der Waals surface area contributed by atoms with Gasteiger partial charge in [-0.25, -0.2) is 9.37 Å². The maximum Gasteiger partial charge on any atom is 0.447 e. The third-order valence-corrected chi connectivity index (χ3v) is 7.19. The van der Waals surface area contributed by atoms with Gasteiger partial charge >= 0.3 is 5.51 Å². The zero-order valence-corrected chi connectivity index (χ0v) is 25.8. The summed E-state index contributed by atoms with van der Waals surface area (Å²) < 4.78 is 56.3. The van der Waals surface area contributed by atoms with Gasteiger partial charge in [-0.15, -0.1) is 0 Å². The lowest BCUT2D eigenvalue weighted by Crippen LogP contribution is -2.30. The summed E-state index contributed by atoms with van der Waals surface area (Å²) in [4.78, 5) is 4.44. The van der Waals surface area contributed by atoms with E-state index in [1.165, 1.54) is 10.6 Å². The number of pyridine rings is 1. The zero-order valence-electron chi connectivity index (χ0n) is 25.0. The number of nitrogens with two attached hydrogens (primary N) is 1. The van der Waals surface area contributed by atoms with Crippen LogP contribution in [0.5, 0.6) is 0 Å². The molecule has 0 bridgehead atoms. The molecule has 11 heteroatoms. The van der Waals surface area contributed by atoms with Gasteiger partial charge in [-0.05, 0) is 74.2 Å². The number of halogens is 4. The lowest BCUT2D eigenvalue weighted by molar-refractivity contribution is -0.0329. The van der Waals surface area contributed by atoms with Gasteiger partial charge in [0, 0.05) is 29.3 Å². The Balaban J connectivity index is 0.00000144. The molecule has 0 saturated heterocycles. The Hall–Kier alpha value is -3.36. The molecule has 42 heavy (non-hydrogen) atoms. The van der Waals surface area contributed by atoms with Gasteiger partial charge in [0.15, 0.2) is 5.65 Å². The number of benzene rings is 1. The molecule has 2 unspecified atom stereocenters. The predicted octanol–water partition coefficient (Wildman–Crippen LogP) is 7.46. The summed E-state index contributed by atoms with van der Waals surface area (Å²) in [5.41, 5.74) is 5.18. The van der Waals surface area contributed by atoms with Crippen molar-refractivity contribution >= 4 is 34.5 Å². The maximum atomic E-state index is 14.6. The van der Waals surface area contributed by atoms with Crippen LogP contribution in [0.2, 0.25) is 0 Å². The monoisotopic (exact) mass is 606 g/mol. The van der Waals surface area contributed by atoms with Gasteiger partial charge in [0.05, 0.1) is 18.3 Å². The highest BCUT2D eigenvalue weighted by Gasteiger charge is 2.33. The van der Waals surface area contributed by atoms with Crippen LogP contribution in [0.15, 0.2) is 48.1 Å². The summed E-state index contributed by atoms with van der Waals surface area (Å²) in [6.45, 7) is 12.8. The average molecular weight is 607 g/mol. The van der Waals surface area contributed by atoms with E-state index in [1.807, 2.05) is 39.1 Å². The summed E-state index contributed by atoms with van der Waals surface area (Å²) >= 11 is -0.267. The number of nitrogens with one attached hydrogen (secondary N) is 3. The number of hydrogen-bond donors (Lipinski definition) is 4. The van der Waals surface area contributed by atoms with E-state index in [1.54, 1.807) is 19.1 Å². The Morgan fingerprint density at radius 1 is 1.17 bits per heavy atom. The van der Waals surface area contributed by atoms with Crippen molar-refractivity contribution in [1.82, 2.24) is 14.7 Å². The van der Waals surface area contributed by atoms with Crippen LogP contribution >= 0.6 is 11.8 Å². The second-order valence-corrected chi connectivity index (χ2v) is 10.6. The molecule has 230 valence electrons. The van der Waals surface area contributed by atoms with Crippen molar-refractivity contribution in [2.45, 2.75) is 76.1 Å². The molecule has 2 aromatic heterocycles. The van der Waals surface area contributed by atoms with Crippen molar-refractivity contribution in [3.63, 3.8) is 0 Å². The predicted molar refractivity (Wildman–Crippen MR) is 169 cm³/mol. The minimum Gasteiger partial charge on any atom is -0.399 e. The van der Waals surface area contributed by atoms with Crippen LogP contribution < -0.4 is 21.7 Å². The number of imidazole rings is 1. The fraction of sp³-hybridized carbons (Fsp3) is 0.452. The smallest absolute Gasteiger partial charge is 0.399 e. The van der Waals surface area contributed by atoms with Crippen LogP contribution in [0.4, 0.5) is 28.9 Å². The molecular formula is C31H42F4N6S. The molecule has 2 heterocycles. The van der Waals surface area contributed by atoms with E-state index in [2.05, 4.69) is 46.3 Å². The molecule has 6 nitrogen and oxygen atoms in total. The molecule has 0 aliphatic rings. The van der Waals surface area contributed by atoms with Crippen LogP contribution in [-0.4, -0.2) is 47.2 Å². The Bertz CT molecular complexity index is 1360. The molecule has 0 aliphatic carbocycles. The van der Waals surface area contributed by atoms with Crippen LogP contribution in [0.3, 0.4) is 0 Å². The summed E-state index contributed by atoms with van der Waals surface area (Å²) in [5.74, 6) is 5.69. The average Bonchev–Trinajstić information content (AvgIpc) is 3.31. The van der Waals surface area contributed by atoms with E-state index in [0.717, 1.165) is 36.2 Å². The molecule has 5 N–H and O–H groups in total. The van der Waals surface area contributed by atoms with Gasteiger partial charge in [-0.1, -0.05) is 52.7 Å². The van der Waals surface area contributed by atoms with Crippen LogP contribution in [0.1, 0.15) is 63.8 Å². The van der Waals surface area contributed by atoms with E-state index in [9.17, 15) is 17.6 Å². The van der Waals surface area contributed by atoms with E-state index in [0.29, 0.717) is 24.2 Å². The molecule has 2 atom stereocenters. The number of anilines is 2. The second-order valence-electron chi connectivity index (χ2n) is 9.51. The van der Waals surface area contributed by atoms with E-state index >= 15 is 0 Å². The minimum absolute atomic E-state index is 0.00759. The molecule has 0 aliphatic heterocycles. The van der Waals surface area contributed by atoms with Crippen LogP contribution in [0, 0.1) is 11.8 Å². The quantitative estimate of drug-likeness (QED) is 0.0974. The highest BCUT2D eigenvalue weighted by molar-refractivity contribution is 8.00. The van der Waals surface area contributed by atoms with Crippen LogP contribution in [-0.2, 0) is 6.42 Å². The van der Waals surface area contributed by atoms with Gasteiger partial charge in [0.25, 0.3) is 0 Å². The Labute approximate surface area is 250 Å². The first-order valence-corrected chi connectivity index (χ1v) is 14.9. The summed E-state index contributed by atoms with van der Waals surface area (Å²) in [5, 5.41) is 9.17. The largest absolute Gasteiger partial charge is 0.447 e. The molecule has 0 radical (unpaired) electrons. The number of thioether (sulfide) groups is 1. The third kappa shape index (κ3) is 10.2. The lowest BCUT2D eigenvalue weighted by atomic mass is 10.0. The van der Waals surface area contributed by atoms with Crippen molar-refractivity contribution < 1.29 is 17.6 Å². The highest BCUT2D eigenvalue weighted by atomic mass is 32.2.